The molecule has 0 spiro atoms. The third kappa shape index (κ3) is 3.52. The number of aromatic nitrogens is 2. The van der Waals surface area contributed by atoms with Crippen molar-refractivity contribution < 1.29 is 4.79 Å². The summed E-state index contributed by atoms with van der Waals surface area (Å²) >= 11 is 1.66. The van der Waals surface area contributed by atoms with Crippen molar-refractivity contribution >= 4 is 17.2 Å². The van der Waals surface area contributed by atoms with Crippen LogP contribution in [0.2, 0.25) is 0 Å². The van der Waals surface area contributed by atoms with Crippen molar-refractivity contribution in [1.29, 1.82) is 0 Å². The highest BCUT2D eigenvalue weighted by atomic mass is 32.1. The van der Waals surface area contributed by atoms with E-state index in [-0.39, 0.29) is 17.5 Å². The molecule has 6 heteroatoms. The summed E-state index contributed by atoms with van der Waals surface area (Å²) in [7, 11) is 3.43. The lowest BCUT2D eigenvalue weighted by molar-refractivity contribution is 0.0743. The summed E-state index contributed by atoms with van der Waals surface area (Å²) in [6, 6.07) is 2.93. The van der Waals surface area contributed by atoms with Gasteiger partial charge in [0.25, 0.3) is 5.91 Å². The van der Waals surface area contributed by atoms with Gasteiger partial charge in [0, 0.05) is 37.2 Å². The number of aryl methyl sites for hydroxylation is 2. The molecule has 2 heterocycles. The molecule has 0 radical (unpaired) electrons. The molecule has 0 saturated carbocycles. The van der Waals surface area contributed by atoms with Crippen LogP contribution in [0.5, 0.6) is 0 Å². The molecule has 2 rings (SSSR count). The standard InChI is InChI=1S/C17H23N3O2S/c1-10(2)16-18-11(3)15(23-16)12(4)20(6)17(22)13-7-8-14(21)19(5)9-13/h7-10,12H,1-6H3/t12-/m1/s1. The molecule has 5 nitrogen and oxygen atoms in total. The Morgan fingerprint density at radius 2 is 1.96 bits per heavy atom. The van der Waals surface area contributed by atoms with E-state index in [1.54, 1.807) is 42.6 Å². The van der Waals surface area contributed by atoms with Gasteiger partial charge in [-0.2, -0.15) is 0 Å². The van der Waals surface area contributed by atoms with Crippen molar-refractivity contribution in [3.8, 4) is 0 Å². The Balaban J connectivity index is 2.28. The SMILES string of the molecule is Cc1nc(C(C)C)sc1[C@@H](C)N(C)C(=O)c1ccc(=O)n(C)c1. The molecule has 23 heavy (non-hydrogen) atoms. The molecule has 0 aliphatic rings. The number of thiazole rings is 1. The number of rotatable bonds is 4. The van der Waals surface area contributed by atoms with Crippen LogP contribution in [0.15, 0.2) is 23.1 Å². The van der Waals surface area contributed by atoms with Gasteiger partial charge in [-0.15, -0.1) is 11.3 Å². The second-order valence-corrected chi connectivity index (χ2v) is 7.18. The first-order chi connectivity index (χ1) is 10.7. The van der Waals surface area contributed by atoms with E-state index in [4.69, 9.17) is 0 Å². The summed E-state index contributed by atoms with van der Waals surface area (Å²) in [5, 5.41) is 1.09. The lowest BCUT2D eigenvalue weighted by Crippen LogP contribution is -2.30. The van der Waals surface area contributed by atoms with E-state index >= 15 is 0 Å². The Kier molecular flexibility index (Phi) is 5.04. The fraction of sp³-hybridized carbons (Fsp3) is 0.471. The van der Waals surface area contributed by atoms with Crippen molar-refractivity contribution in [3.63, 3.8) is 0 Å². The molecule has 0 N–H and O–H groups in total. The van der Waals surface area contributed by atoms with Gasteiger partial charge in [0.1, 0.15) is 0 Å². The molecule has 1 amide bonds. The van der Waals surface area contributed by atoms with E-state index in [2.05, 4.69) is 18.8 Å². The molecule has 124 valence electrons. The lowest BCUT2D eigenvalue weighted by atomic mass is 10.1. The maximum absolute atomic E-state index is 12.7. The molecule has 0 aromatic carbocycles. The first-order valence-electron chi connectivity index (χ1n) is 7.63. The first kappa shape index (κ1) is 17.4. The van der Waals surface area contributed by atoms with Crippen LogP contribution in [-0.2, 0) is 7.05 Å². The summed E-state index contributed by atoms with van der Waals surface area (Å²) in [5.74, 6) is 0.274. The predicted molar refractivity (Wildman–Crippen MR) is 93.1 cm³/mol. The number of pyridine rings is 1. The number of carbonyl (C=O) groups excluding carboxylic acids is 1. The summed E-state index contributed by atoms with van der Waals surface area (Å²) < 4.78 is 1.42. The molecule has 1 atom stereocenters. The van der Waals surface area contributed by atoms with E-state index in [1.807, 2.05) is 13.8 Å². The second-order valence-electron chi connectivity index (χ2n) is 6.12. The average molecular weight is 333 g/mol. The van der Waals surface area contributed by atoms with Crippen LogP contribution in [0.25, 0.3) is 0 Å². The van der Waals surface area contributed by atoms with Crippen LogP contribution < -0.4 is 5.56 Å². The number of amides is 1. The molecule has 0 aliphatic heterocycles. The minimum atomic E-state index is -0.128. The number of hydrogen-bond donors (Lipinski definition) is 0. The highest BCUT2D eigenvalue weighted by molar-refractivity contribution is 7.11. The van der Waals surface area contributed by atoms with E-state index in [0.717, 1.165) is 15.6 Å². The van der Waals surface area contributed by atoms with E-state index < -0.39 is 0 Å². The third-order valence-corrected chi connectivity index (χ3v) is 5.58. The van der Waals surface area contributed by atoms with Gasteiger partial charge in [-0.05, 0) is 19.9 Å². The van der Waals surface area contributed by atoms with Crippen LogP contribution in [-0.4, -0.2) is 27.4 Å². The summed E-state index contributed by atoms with van der Waals surface area (Å²) in [6.45, 7) is 8.22. The lowest BCUT2D eigenvalue weighted by Gasteiger charge is -2.24. The van der Waals surface area contributed by atoms with E-state index in [1.165, 1.54) is 10.6 Å². The van der Waals surface area contributed by atoms with Gasteiger partial charge in [0.15, 0.2) is 0 Å². The van der Waals surface area contributed by atoms with Crippen LogP contribution in [0.1, 0.15) is 58.7 Å². The van der Waals surface area contributed by atoms with Crippen molar-refractivity contribution in [2.75, 3.05) is 7.05 Å². The highest BCUT2D eigenvalue weighted by Crippen LogP contribution is 2.32. The molecule has 2 aromatic heterocycles. The van der Waals surface area contributed by atoms with Gasteiger partial charge in [-0.25, -0.2) is 4.98 Å². The van der Waals surface area contributed by atoms with Crippen molar-refractivity contribution in [3.05, 3.63) is 49.8 Å². The van der Waals surface area contributed by atoms with Gasteiger partial charge >= 0.3 is 0 Å². The van der Waals surface area contributed by atoms with Crippen molar-refractivity contribution in [2.24, 2.45) is 7.05 Å². The minimum absolute atomic E-state index is 0.0651. The monoisotopic (exact) mass is 333 g/mol. The molecule has 2 aromatic rings. The number of carbonyl (C=O) groups is 1. The van der Waals surface area contributed by atoms with Gasteiger partial charge < -0.3 is 9.47 Å². The van der Waals surface area contributed by atoms with Crippen LogP contribution >= 0.6 is 11.3 Å². The smallest absolute Gasteiger partial charge is 0.255 e. The topological polar surface area (TPSA) is 55.2 Å². The normalized spacial score (nSPS) is 12.5. The summed E-state index contributed by atoms with van der Waals surface area (Å²) in [4.78, 5) is 31.5. The minimum Gasteiger partial charge on any atom is -0.334 e. The molecule has 0 bridgehead atoms. The van der Waals surface area contributed by atoms with Crippen molar-refractivity contribution in [2.45, 2.75) is 39.7 Å². The van der Waals surface area contributed by atoms with Gasteiger partial charge in [-0.3, -0.25) is 9.59 Å². The second kappa shape index (κ2) is 6.66. The Labute approximate surface area is 140 Å². The highest BCUT2D eigenvalue weighted by Gasteiger charge is 2.23. The van der Waals surface area contributed by atoms with E-state index in [0.29, 0.717) is 11.5 Å². The zero-order valence-electron chi connectivity index (χ0n) is 14.5. The fourth-order valence-electron chi connectivity index (χ4n) is 2.34. The Morgan fingerprint density at radius 1 is 1.30 bits per heavy atom. The molecule has 0 fully saturated rings. The maximum atomic E-state index is 12.7. The number of hydrogen-bond acceptors (Lipinski definition) is 4. The van der Waals surface area contributed by atoms with Crippen LogP contribution in [0.3, 0.4) is 0 Å². The van der Waals surface area contributed by atoms with E-state index in [9.17, 15) is 9.59 Å². The molecule has 0 aliphatic carbocycles. The molecular weight excluding hydrogens is 310 g/mol. The van der Waals surface area contributed by atoms with Gasteiger partial charge in [0.2, 0.25) is 5.56 Å². The largest absolute Gasteiger partial charge is 0.334 e. The van der Waals surface area contributed by atoms with Crippen LogP contribution in [0, 0.1) is 6.92 Å². The van der Waals surface area contributed by atoms with Gasteiger partial charge in [-0.1, -0.05) is 13.8 Å². The predicted octanol–water partition coefficient (Wildman–Crippen LogP) is 3.11. The molecular formula is C17H23N3O2S. The Bertz CT molecular complexity index is 776. The third-order valence-electron chi connectivity index (χ3n) is 3.96. The first-order valence-corrected chi connectivity index (χ1v) is 8.45. The zero-order chi connectivity index (χ0) is 17.3. The quantitative estimate of drug-likeness (QED) is 0.864. The summed E-state index contributed by atoms with van der Waals surface area (Å²) in [5.41, 5.74) is 1.36. The average Bonchev–Trinajstić information content (AvgIpc) is 2.90. The molecule has 0 saturated heterocycles. The van der Waals surface area contributed by atoms with Gasteiger partial charge in [0.05, 0.1) is 22.3 Å². The number of nitrogens with zero attached hydrogens (tertiary/aromatic N) is 3. The maximum Gasteiger partial charge on any atom is 0.255 e. The molecule has 0 unspecified atom stereocenters. The Morgan fingerprint density at radius 3 is 2.48 bits per heavy atom. The van der Waals surface area contributed by atoms with Crippen molar-refractivity contribution in [1.82, 2.24) is 14.5 Å². The fourth-order valence-corrected chi connectivity index (χ4v) is 3.51. The zero-order valence-corrected chi connectivity index (χ0v) is 15.3. The Hall–Kier alpha value is -1.95. The summed E-state index contributed by atoms with van der Waals surface area (Å²) in [6.07, 6.45) is 1.58. The van der Waals surface area contributed by atoms with Crippen LogP contribution in [0.4, 0.5) is 0 Å².